The van der Waals surface area contributed by atoms with Crippen molar-refractivity contribution in [1.82, 2.24) is 0 Å². The number of ether oxygens (including phenoxy) is 1. The molecule has 2 aliphatic rings. The summed E-state index contributed by atoms with van der Waals surface area (Å²) >= 11 is 0. The molecular weight excluding hydrogens is 150 g/mol. The Morgan fingerprint density at radius 1 is 1.42 bits per heavy atom. The van der Waals surface area contributed by atoms with E-state index >= 15 is 0 Å². The first kappa shape index (κ1) is 8.09. The smallest absolute Gasteiger partial charge is 0.170 e. The minimum atomic E-state index is 0.408. The van der Waals surface area contributed by atoms with Gasteiger partial charge in [0, 0.05) is 0 Å². The zero-order valence-electron chi connectivity index (χ0n) is 7.86. The van der Waals surface area contributed by atoms with Gasteiger partial charge in [-0.3, -0.25) is 4.99 Å². The lowest BCUT2D eigenvalue weighted by Gasteiger charge is -2.31. The third-order valence-corrected chi connectivity index (χ3v) is 3.23. The number of fused-ring (bicyclic) bond motifs is 1. The molecule has 0 N–H and O–H groups in total. The van der Waals surface area contributed by atoms with E-state index in [-0.39, 0.29) is 0 Å². The first-order valence-electron chi connectivity index (χ1n) is 4.94. The number of rotatable bonds is 1. The molecule has 1 fully saturated rings. The highest BCUT2D eigenvalue weighted by atomic mass is 16.5. The molecular formula is C10H17NO. The molecule has 1 aliphatic heterocycles. The van der Waals surface area contributed by atoms with Crippen LogP contribution in [-0.4, -0.2) is 18.5 Å². The quantitative estimate of drug-likeness (QED) is 0.587. The van der Waals surface area contributed by atoms with Gasteiger partial charge in [-0.05, 0) is 31.1 Å². The lowest BCUT2D eigenvalue weighted by Crippen LogP contribution is -2.32. The minimum absolute atomic E-state index is 0.408. The van der Waals surface area contributed by atoms with Gasteiger partial charge in [0.1, 0.15) is 6.10 Å². The first-order valence-corrected chi connectivity index (χ1v) is 4.94. The first-order chi connectivity index (χ1) is 5.77. The monoisotopic (exact) mass is 167 g/mol. The Balaban J connectivity index is 1.94. The third kappa shape index (κ3) is 1.35. The molecule has 1 saturated carbocycles. The van der Waals surface area contributed by atoms with Crippen molar-refractivity contribution in [2.45, 2.75) is 45.3 Å². The van der Waals surface area contributed by atoms with Crippen LogP contribution in [0.4, 0.5) is 0 Å². The Morgan fingerprint density at radius 2 is 2.25 bits per heavy atom. The molecule has 0 aromatic rings. The summed E-state index contributed by atoms with van der Waals surface area (Å²) in [5.74, 6) is 1.66. The molecule has 68 valence electrons. The standard InChI is InChI=1S/C10H17NO/c1-7(2)8-3-4-9-10(5-8)12-6-11-9/h6-10H,3-5H2,1-2H3. The summed E-state index contributed by atoms with van der Waals surface area (Å²) in [6, 6.07) is 0.486. The fourth-order valence-corrected chi connectivity index (χ4v) is 2.26. The van der Waals surface area contributed by atoms with E-state index in [1.807, 2.05) is 0 Å². The predicted octanol–water partition coefficient (Wildman–Crippen LogP) is 2.24. The molecule has 0 aromatic carbocycles. The van der Waals surface area contributed by atoms with Gasteiger partial charge in [0.05, 0.1) is 6.04 Å². The predicted molar refractivity (Wildman–Crippen MR) is 49.3 cm³/mol. The Kier molecular flexibility index (Phi) is 2.07. The molecule has 1 aliphatic carbocycles. The van der Waals surface area contributed by atoms with Crippen LogP contribution in [0, 0.1) is 11.8 Å². The molecule has 0 amide bonds. The maximum Gasteiger partial charge on any atom is 0.170 e. The van der Waals surface area contributed by atoms with Gasteiger partial charge in [-0.2, -0.15) is 0 Å². The van der Waals surface area contributed by atoms with E-state index in [2.05, 4.69) is 18.8 Å². The fourth-order valence-electron chi connectivity index (χ4n) is 2.26. The van der Waals surface area contributed by atoms with Crippen LogP contribution in [0.3, 0.4) is 0 Å². The zero-order valence-corrected chi connectivity index (χ0v) is 7.86. The van der Waals surface area contributed by atoms with Crippen LogP contribution >= 0.6 is 0 Å². The van der Waals surface area contributed by atoms with Gasteiger partial charge in [-0.25, -0.2) is 0 Å². The van der Waals surface area contributed by atoms with E-state index in [1.165, 1.54) is 19.3 Å². The Morgan fingerprint density at radius 3 is 3.00 bits per heavy atom. The number of aliphatic imine (C=N–C) groups is 1. The van der Waals surface area contributed by atoms with E-state index in [0.717, 1.165) is 11.8 Å². The van der Waals surface area contributed by atoms with Crippen LogP contribution < -0.4 is 0 Å². The second kappa shape index (κ2) is 3.08. The maximum atomic E-state index is 5.45. The normalized spacial score (nSPS) is 39.8. The largest absolute Gasteiger partial charge is 0.478 e. The van der Waals surface area contributed by atoms with Crippen molar-refractivity contribution in [2.24, 2.45) is 16.8 Å². The molecule has 3 atom stereocenters. The van der Waals surface area contributed by atoms with E-state index < -0.39 is 0 Å². The van der Waals surface area contributed by atoms with Crippen LogP contribution in [0.25, 0.3) is 0 Å². The van der Waals surface area contributed by atoms with E-state index in [0.29, 0.717) is 12.1 Å². The molecule has 3 unspecified atom stereocenters. The molecule has 0 bridgehead atoms. The van der Waals surface area contributed by atoms with Gasteiger partial charge >= 0.3 is 0 Å². The Labute approximate surface area is 74.0 Å². The SMILES string of the molecule is CC(C)C1CCC2N=COC2C1. The van der Waals surface area contributed by atoms with Crippen molar-refractivity contribution in [2.75, 3.05) is 0 Å². The van der Waals surface area contributed by atoms with Crippen LogP contribution in [0.5, 0.6) is 0 Å². The van der Waals surface area contributed by atoms with Crippen molar-refractivity contribution >= 4 is 6.40 Å². The lowest BCUT2D eigenvalue weighted by molar-refractivity contribution is 0.106. The Bertz CT molecular complexity index is 188. The van der Waals surface area contributed by atoms with Crippen molar-refractivity contribution in [1.29, 1.82) is 0 Å². The number of nitrogens with zero attached hydrogens (tertiary/aromatic N) is 1. The van der Waals surface area contributed by atoms with Gasteiger partial charge < -0.3 is 4.74 Å². The van der Waals surface area contributed by atoms with E-state index in [4.69, 9.17) is 4.74 Å². The topological polar surface area (TPSA) is 21.6 Å². The highest BCUT2D eigenvalue weighted by Crippen LogP contribution is 2.34. The van der Waals surface area contributed by atoms with Crippen LogP contribution in [0.15, 0.2) is 4.99 Å². The van der Waals surface area contributed by atoms with Gasteiger partial charge in [0.2, 0.25) is 0 Å². The highest BCUT2D eigenvalue weighted by Gasteiger charge is 2.34. The summed E-state index contributed by atoms with van der Waals surface area (Å²) in [7, 11) is 0. The van der Waals surface area contributed by atoms with Gasteiger partial charge in [0.15, 0.2) is 6.40 Å². The van der Waals surface area contributed by atoms with Crippen molar-refractivity contribution in [3.63, 3.8) is 0 Å². The molecule has 2 rings (SSSR count). The molecule has 1 heterocycles. The molecule has 12 heavy (non-hydrogen) atoms. The molecule has 0 radical (unpaired) electrons. The summed E-state index contributed by atoms with van der Waals surface area (Å²) in [6.45, 7) is 4.61. The Hall–Kier alpha value is -0.530. The average Bonchev–Trinajstić information content (AvgIpc) is 2.49. The average molecular weight is 167 g/mol. The van der Waals surface area contributed by atoms with Crippen LogP contribution in [0.2, 0.25) is 0 Å². The van der Waals surface area contributed by atoms with E-state index in [1.54, 1.807) is 6.40 Å². The van der Waals surface area contributed by atoms with Crippen LogP contribution in [-0.2, 0) is 4.74 Å². The van der Waals surface area contributed by atoms with Crippen molar-refractivity contribution in [3.05, 3.63) is 0 Å². The highest BCUT2D eigenvalue weighted by molar-refractivity contribution is 5.50. The molecule has 0 saturated heterocycles. The zero-order chi connectivity index (χ0) is 8.55. The van der Waals surface area contributed by atoms with Gasteiger partial charge in [-0.1, -0.05) is 13.8 Å². The summed E-state index contributed by atoms with van der Waals surface area (Å²) < 4.78 is 5.45. The number of hydrogen-bond donors (Lipinski definition) is 0. The van der Waals surface area contributed by atoms with Crippen LogP contribution in [0.1, 0.15) is 33.1 Å². The van der Waals surface area contributed by atoms with Crippen molar-refractivity contribution in [3.8, 4) is 0 Å². The second-order valence-corrected chi connectivity index (χ2v) is 4.31. The van der Waals surface area contributed by atoms with Gasteiger partial charge in [0.25, 0.3) is 0 Å². The molecule has 2 nitrogen and oxygen atoms in total. The van der Waals surface area contributed by atoms with E-state index in [9.17, 15) is 0 Å². The maximum absolute atomic E-state index is 5.45. The molecule has 0 spiro atoms. The third-order valence-electron chi connectivity index (χ3n) is 3.23. The summed E-state index contributed by atoms with van der Waals surface area (Å²) in [5, 5.41) is 0. The lowest BCUT2D eigenvalue weighted by atomic mass is 9.78. The molecule has 2 heteroatoms. The number of hydrogen-bond acceptors (Lipinski definition) is 2. The summed E-state index contributed by atoms with van der Waals surface area (Å²) in [4.78, 5) is 4.30. The summed E-state index contributed by atoms with van der Waals surface area (Å²) in [6.07, 6.45) is 5.83. The minimum Gasteiger partial charge on any atom is -0.478 e. The fraction of sp³-hybridized carbons (Fsp3) is 0.900. The van der Waals surface area contributed by atoms with Gasteiger partial charge in [-0.15, -0.1) is 0 Å². The van der Waals surface area contributed by atoms with Crippen molar-refractivity contribution < 1.29 is 4.74 Å². The summed E-state index contributed by atoms with van der Waals surface area (Å²) in [5.41, 5.74) is 0. The second-order valence-electron chi connectivity index (χ2n) is 4.31. The molecule has 0 aromatic heterocycles.